The van der Waals surface area contributed by atoms with Crippen LogP contribution in [0.1, 0.15) is 29.0 Å². The summed E-state index contributed by atoms with van der Waals surface area (Å²) in [6.45, 7) is 6.11. The van der Waals surface area contributed by atoms with Gasteiger partial charge in [-0.05, 0) is 42.5 Å². The highest BCUT2D eigenvalue weighted by atomic mass is 16.3. The van der Waals surface area contributed by atoms with E-state index in [0.29, 0.717) is 0 Å². The van der Waals surface area contributed by atoms with Gasteiger partial charge in [-0.3, -0.25) is 0 Å². The zero-order chi connectivity index (χ0) is 19.1. The molecule has 0 saturated heterocycles. The molecule has 0 aliphatic rings. The van der Waals surface area contributed by atoms with Crippen molar-refractivity contribution in [2.24, 2.45) is 0 Å². The molecule has 3 aromatic carbocycles. The van der Waals surface area contributed by atoms with Gasteiger partial charge in [-0.15, -0.1) is 6.58 Å². The Balaban J connectivity index is 1.88. The number of aryl methyl sites for hydroxylation is 2. The molecule has 0 bridgehead atoms. The Morgan fingerprint density at radius 3 is 2.22 bits per heavy atom. The van der Waals surface area contributed by atoms with Gasteiger partial charge in [0.1, 0.15) is 5.75 Å². The number of aromatic hydroxyl groups is 1. The van der Waals surface area contributed by atoms with Crippen LogP contribution in [0.25, 0.3) is 0 Å². The van der Waals surface area contributed by atoms with Gasteiger partial charge in [0.15, 0.2) is 0 Å². The first-order valence-corrected chi connectivity index (χ1v) is 9.45. The standard InChI is InChI=1S/C25H27NO/c1-3-22(21-14-8-5-9-15-21)23(18-17-20-12-6-4-7-13-20)26-25-19(2)11-10-16-24(25)27/h3-16,22-23,26-27H,1,17-18H2,2H3/t22-,23+/m1/s1. The molecule has 2 atom stereocenters. The summed E-state index contributed by atoms with van der Waals surface area (Å²) in [5.74, 6) is 0.435. The van der Waals surface area contributed by atoms with Crippen molar-refractivity contribution in [2.75, 3.05) is 5.32 Å². The van der Waals surface area contributed by atoms with Crippen molar-refractivity contribution >= 4 is 5.69 Å². The highest BCUT2D eigenvalue weighted by molar-refractivity contribution is 5.62. The maximum Gasteiger partial charge on any atom is 0.138 e. The molecule has 0 heterocycles. The fourth-order valence-corrected chi connectivity index (χ4v) is 3.54. The van der Waals surface area contributed by atoms with Gasteiger partial charge in [0, 0.05) is 12.0 Å². The third-order valence-electron chi connectivity index (χ3n) is 5.04. The van der Waals surface area contributed by atoms with Crippen LogP contribution in [0.5, 0.6) is 5.75 Å². The van der Waals surface area contributed by atoms with Crippen molar-refractivity contribution in [1.82, 2.24) is 0 Å². The van der Waals surface area contributed by atoms with Gasteiger partial charge < -0.3 is 10.4 Å². The molecular weight excluding hydrogens is 330 g/mol. The zero-order valence-electron chi connectivity index (χ0n) is 15.8. The van der Waals surface area contributed by atoms with E-state index in [1.807, 2.05) is 37.3 Å². The van der Waals surface area contributed by atoms with Crippen LogP contribution in [0, 0.1) is 6.92 Å². The molecular formula is C25H27NO. The van der Waals surface area contributed by atoms with Gasteiger partial charge in [-0.25, -0.2) is 0 Å². The van der Waals surface area contributed by atoms with Crippen LogP contribution in [-0.2, 0) is 6.42 Å². The smallest absolute Gasteiger partial charge is 0.138 e. The Labute approximate surface area is 162 Å². The van der Waals surface area contributed by atoms with Crippen molar-refractivity contribution in [3.05, 3.63) is 108 Å². The maximum absolute atomic E-state index is 10.4. The predicted molar refractivity (Wildman–Crippen MR) is 114 cm³/mol. The summed E-state index contributed by atoms with van der Waals surface area (Å²) in [7, 11) is 0. The fourth-order valence-electron chi connectivity index (χ4n) is 3.54. The van der Waals surface area contributed by atoms with Crippen LogP contribution in [-0.4, -0.2) is 11.1 Å². The zero-order valence-corrected chi connectivity index (χ0v) is 15.8. The van der Waals surface area contributed by atoms with Crippen LogP contribution in [0.3, 0.4) is 0 Å². The van der Waals surface area contributed by atoms with Crippen LogP contribution < -0.4 is 5.32 Å². The molecule has 3 rings (SSSR count). The number of para-hydroxylation sites is 1. The monoisotopic (exact) mass is 357 g/mol. The highest BCUT2D eigenvalue weighted by Gasteiger charge is 2.22. The molecule has 0 aliphatic carbocycles. The Bertz CT molecular complexity index is 838. The molecule has 2 N–H and O–H groups in total. The van der Waals surface area contributed by atoms with E-state index in [2.05, 4.69) is 60.4 Å². The first-order chi connectivity index (χ1) is 13.2. The molecule has 0 aliphatic heterocycles. The average molecular weight is 357 g/mol. The Hall–Kier alpha value is -3.00. The quantitative estimate of drug-likeness (QED) is 0.378. The van der Waals surface area contributed by atoms with E-state index in [1.54, 1.807) is 6.07 Å². The topological polar surface area (TPSA) is 32.3 Å². The Kier molecular flexibility index (Phi) is 6.32. The number of rotatable bonds is 8. The summed E-state index contributed by atoms with van der Waals surface area (Å²) in [6.07, 6.45) is 3.90. The molecule has 27 heavy (non-hydrogen) atoms. The van der Waals surface area contributed by atoms with Crippen LogP contribution in [0.4, 0.5) is 5.69 Å². The summed E-state index contributed by atoms with van der Waals surface area (Å²) >= 11 is 0. The summed E-state index contributed by atoms with van der Waals surface area (Å²) < 4.78 is 0. The van der Waals surface area contributed by atoms with Crippen molar-refractivity contribution < 1.29 is 5.11 Å². The number of nitrogens with one attached hydrogen (secondary N) is 1. The lowest BCUT2D eigenvalue weighted by molar-refractivity contribution is 0.474. The van der Waals surface area contributed by atoms with Gasteiger partial charge in [-0.1, -0.05) is 78.9 Å². The molecule has 2 nitrogen and oxygen atoms in total. The number of hydrogen-bond donors (Lipinski definition) is 2. The average Bonchev–Trinajstić information content (AvgIpc) is 2.70. The van der Waals surface area contributed by atoms with Crippen molar-refractivity contribution in [2.45, 2.75) is 31.7 Å². The SMILES string of the molecule is C=C[C@H](c1ccccc1)[C@H](CCc1ccccc1)Nc1c(C)cccc1O. The second-order valence-electron chi connectivity index (χ2n) is 6.92. The molecule has 0 saturated carbocycles. The van der Waals surface area contributed by atoms with E-state index >= 15 is 0 Å². The normalized spacial score (nSPS) is 12.9. The van der Waals surface area contributed by atoms with E-state index < -0.39 is 0 Å². The maximum atomic E-state index is 10.4. The molecule has 0 amide bonds. The van der Waals surface area contributed by atoms with E-state index in [0.717, 1.165) is 24.1 Å². The number of anilines is 1. The second kappa shape index (κ2) is 9.09. The van der Waals surface area contributed by atoms with E-state index in [9.17, 15) is 5.11 Å². The van der Waals surface area contributed by atoms with Crippen LogP contribution in [0.2, 0.25) is 0 Å². The van der Waals surface area contributed by atoms with Crippen LogP contribution >= 0.6 is 0 Å². The van der Waals surface area contributed by atoms with E-state index in [-0.39, 0.29) is 17.7 Å². The predicted octanol–water partition coefficient (Wildman–Crippen LogP) is 6.08. The first-order valence-electron chi connectivity index (χ1n) is 9.45. The third-order valence-corrected chi connectivity index (χ3v) is 5.04. The van der Waals surface area contributed by atoms with Crippen molar-refractivity contribution in [1.29, 1.82) is 0 Å². The molecule has 0 aromatic heterocycles. The number of phenols is 1. The van der Waals surface area contributed by atoms with Gasteiger partial charge in [0.2, 0.25) is 0 Å². The Morgan fingerprint density at radius 2 is 1.59 bits per heavy atom. The van der Waals surface area contributed by atoms with Gasteiger partial charge in [0.25, 0.3) is 0 Å². The highest BCUT2D eigenvalue weighted by Crippen LogP contribution is 2.32. The number of benzene rings is 3. The van der Waals surface area contributed by atoms with Gasteiger partial charge >= 0.3 is 0 Å². The van der Waals surface area contributed by atoms with E-state index in [1.165, 1.54) is 11.1 Å². The largest absolute Gasteiger partial charge is 0.506 e. The lowest BCUT2D eigenvalue weighted by Gasteiger charge is -2.28. The summed E-state index contributed by atoms with van der Waals surface area (Å²) in [5, 5.41) is 14.0. The number of hydrogen-bond acceptors (Lipinski definition) is 2. The molecule has 2 heteroatoms. The molecule has 0 fully saturated rings. The van der Waals surface area contributed by atoms with Crippen molar-refractivity contribution in [3.8, 4) is 5.75 Å². The minimum Gasteiger partial charge on any atom is -0.506 e. The lowest BCUT2D eigenvalue weighted by Crippen LogP contribution is -2.27. The summed E-state index contributed by atoms with van der Waals surface area (Å²) in [6, 6.07) is 26.7. The van der Waals surface area contributed by atoms with E-state index in [4.69, 9.17) is 0 Å². The summed E-state index contributed by atoms with van der Waals surface area (Å²) in [4.78, 5) is 0. The molecule has 0 unspecified atom stereocenters. The number of phenolic OH excluding ortho intramolecular Hbond substituents is 1. The van der Waals surface area contributed by atoms with Gasteiger partial charge in [0.05, 0.1) is 5.69 Å². The fraction of sp³-hybridized carbons (Fsp3) is 0.200. The minimum absolute atomic E-state index is 0.122. The Morgan fingerprint density at radius 1 is 0.926 bits per heavy atom. The van der Waals surface area contributed by atoms with Crippen molar-refractivity contribution in [3.63, 3.8) is 0 Å². The lowest BCUT2D eigenvalue weighted by atomic mass is 9.87. The molecule has 0 spiro atoms. The first kappa shape index (κ1) is 18.8. The van der Waals surface area contributed by atoms with Crippen LogP contribution in [0.15, 0.2) is 91.5 Å². The third kappa shape index (κ3) is 4.79. The second-order valence-corrected chi connectivity index (χ2v) is 6.92. The minimum atomic E-state index is 0.122. The molecule has 0 radical (unpaired) electrons. The van der Waals surface area contributed by atoms with Gasteiger partial charge in [-0.2, -0.15) is 0 Å². The summed E-state index contributed by atoms with van der Waals surface area (Å²) in [5.41, 5.74) is 4.38. The molecule has 3 aromatic rings. The molecule has 138 valence electrons.